The second-order valence-corrected chi connectivity index (χ2v) is 7.06. The van der Waals surface area contributed by atoms with Crippen LogP contribution in [0.5, 0.6) is 0 Å². The fourth-order valence-electron chi connectivity index (χ4n) is 3.34. The van der Waals surface area contributed by atoms with Crippen molar-refractivity contribution in [3.63, 3.8) is 0 Å². The van der Waals surface area contributed by atoms with Gasteiger partial charge >= 0.3 is 0 Å². The zero-order valence-corrected chi connectivity index (χ0v) is 13.7. The maximum Gasteiger partial charge on any atom is 0.269 e. The van der Waals surface area contributed by atoms with Crippen LogP contribution in [0.25, 0.3) is 10.9 Å². The molecule has 120 valence electrons. The van der Waals surface area contributed by atoms with Crippen molar-refractivity contribution in [2.45, 2.75) is 25.3 Å². The number of amides is 1. The number of aromatic nitrogens is 1. The van der Waals surface area contributed by atoms with Crippen molar-refractivity contribution < 1.29 is 4.79 Å². The molecule has 1 atom stereocenters. The molecule has 0 bridgehead atoms. The number of carbonyl (C=O) groups excluding carboxylic acids is 1. The summed E-state index contributed by atoms with van der Waals surface area (Å²) in [6.07, 6.45) is 3.88. The quantitative estimate of drug-likeness (QED) is 0.937. The molecule has 4 nitrogen and oxygen atoms in total. The third-order valence-electron chi connectivity index (χ3n) is 4.82. The van der Waals surface area contributed by atoms with Gasteiger partial charge in [-0.3, -0.25) is 4.79 Å². The fraction of sp³-hybridized carbons (Fsp3) is 0.444. The molecule has 1 aliphatic carbocycles. The van der Waals surface area contributed by atoms with Gasteiger partial charge in [0.1, 0.15) is 5.69 Å². The molecule has 1 aliphatic heterocycles. The number of fused-ring (bicyclic) bond motifs is 1. The summed E-state index contributed by atoms with van der Waals surface area (Å²) >= 11 is 6.00. The maximum atomic E-state index is 12.3. The lowest BCUT2D eigenvalue weighted by Gasteiger charge is -2.15. The van der Waals surface area contributed by atoms with Gasteiger partial charge < -0.3 is 10.2 Å². The first-order valence-electron chi connectivity index (χ1n) is 8.27. The molecule has 1 aromatic heterocycles. The van der Waals surface area contributed by atoms with Gasteiger partial charge in [0.25, 0.3) is 5.91 Å². The molecule has 1 amide bonds. The molecule has 2 aromatic rings. The Morgan fingerprint density at radius 3 is 2.91 bits per heavy atom. The predicted octanol–water partition coefficient (Wildman–Crippen LogP) is 3.10. The van der Waals surface area contributed by atoms with Crippen molar-refractivity contribution in [3.8, 4) is 0 Å². The van der Waals surface area contributed by atoms with Gasteiger partial charge in [-0.15, -0.1) is 0 Å². The fourth-order valence-corrected chi connectivity index (χ4v) is 3.51. The lowest BCUT2D eigenvalue weighted by atomic mass is 10.1. The third kappa shape index (κ3) is 3.33. The van der Waals surface area contributed by atoms with Crippen LogP contribution in [0.3, 0.4) is 0 Å². The Hall–Kier alpha value is -1.65. The number of rotatable bonds is 4. The molecule has 1 saturated carbocycles. The van der Waals surface area contributed by atoms with Gasteiger partial charge in [0, 0.05) is 29.5 Å². The summed E-state index contributed by atoms with van der Waals surface area (Å²) in [5.41, 5.74) is 1.21. The average Bonchev–Trinajstić information content (AvgIpc) is 3.30. The van der Waals surface area contributed by atoms with E-state index in [1.807, 2.05) is 18.2 Å². The van der Waals surface area contributed by atoms with Gasteiger partial charge in [-0.05, 0) is 49.9 Å². The number of nitrogens with one attached hydrogen (secondary N) is 1. The highest BCUT2D eigenvalue weighted by molar-refractivity contribution is 6.31. The number of hydrogen-bond donors (Lipinski definition) is 1. The first-order valence-corrected chi connectivity index (χ1v) is 8.65. The SMILES string of the molecule is O=C(NCC1CCN(C2CC2)C1)c1ccc2ccc(Cl)cc2n1. The van der Waals surface area contributed by atoms with Gasteiger partial charge in [-0.2, -0.15) is 0 Å². The molecule has 1 N–H and O–H groups in total. The van der Waals surface area contributed by atoms with Gasteiger partial charge in [-0.25, -0.2) is 4.98 Å². The molecule has 4 rings (SSSR count). The Labute approximate surface area is 140 Å². The molecule has 1 unspecified atom stereocenters. The summed E-state index contributed by atoms with van der Waals surface area (Å²) in [5, 5.41) is 4.66. The monoisotopic (exact) mass is 329 g/mol. The summed E-state index contributed by atoms with van der Waals surface area (Å²) in [7, 11) is 0. The van der Waals surface area contributed by atoms with E-state index >= 15 is 0 Å². The first-order chi connectivity index (χ1) is 11.2. The average molecular weight is 330 g/mol. The van der Waals surface area contributed by atoms with Crippen molar-refractivity contribution in [1.29, 1.82) is 0 Å². The Balaban J connectivity index is 1.38. The van der Waals surface area contributed by atoms with Gasteiger partial charge in [0.05, 0.1) is 5.52 Å². The minimum atomic E-state index is -0.100. The Morgan fingerprint density at radius 1 is 1.26 bits per heavy atom. The standard InChI is InChI=1S/C18H20ClN3O/c19-14-3-1-13-2-6-16(21-17(13)9-14)18(23)20-10-12-7-8-22(11-12)15-4-5-15/h1-3,6,9,12,15H,4-5,7-8,10-11H2,(H,20,23). The molecule has 0 spiro atoms. The second kappa shape index (κ2) is 6.10. The van der Waals surface area contributed by atoms with Crippen LogP contribution in [-0.4, -0.2) is 41.5 Å². The molecule has 1 aromatic carbocycles. The zero-order chi connectivity index (χ0) is 15.8. The highest BCUT2D eigenvalue weighted by atomic mass is 35.5. The normalized spacial score (nSPS) is 21.7. The van der Waals surface area contributed by atoms with Crippen molar-refractivity contribution in [3.05, 3.63) is 41.0 Å². The van der Waals surface area contributed by atoms with Crippen molar-refractivity contribution in [1.82, 2.24) is 15.2 Å². The van der Waals surface area contributed by atoms with E-state index in [-0.39, 0.29) is 5.91 Å². The van der Waals surface area contributed by atoms with E-state index < -0.39 is 0 Å². The molecule has 2 aliphatic rings. The van der Waals surface area contributed by atoms with Gasteiger partial charge in [0.15, 0.2) is 0 Å². The van der Waals surface area contributed by atoms with Crippen LogP contribution in [0, 0.1) is 5.92 Å². The zero-order valence-electron chi connectivity index (χ0n) is 13.0. The number of likely N-dealkylation sites (tertiary alicyclic amines) is 1. The van der Waals surface area contributed by atoms with Crippen LogP contribution in [-0.2, 0) is 0 Å². The van der Waals surface area contributed by atoms with Crippen LogP contribution < -0.4 is 5.32 Å². The van der Waals surface area contributed by atoms with Crippen molar-refractivity contribution >= 4 is 28.4 Å². The third-order valence-corrected chi connectivity index (χ3v) is 5.05. The Kier molecular flexibility index (Phi) is 3.95. The van der Waals surface area contributed by atoms with Gasteiger partial charge in [-0.1, -0.05) is 23.7 Å². The van der Waals surface area contributed by atoms with Crippen LogP contribution in [0.1, 0.15) is 29.8 Å². The number of nitrogens with zero attached hydrogens (tertiary/aromatic N) is 2. The Bertz CT molecular complexity index is 744. The van der Waals surface area contributed by atoms with Crippen LogP contribution in [0.2, 0.25) is 5.02 Å². The van der Waals surface area contributed by atoms with E-state index in [1.54, 1.807) is 12.1 Å². The smallest absolute Gasteiger partial charge is 0.269 e. The van der Waals surface area contributed by atoms with Crippen LogP contribution >= 0.6 is 11.6 Å². The lowest BCUT2D eigenvalue weighted by molar-refractivity contribution is 0.0942. The van der Waals surface area contributed by atoms with E-state index in [0.717, 1.165) is 30.0 Å². The molecular formula is C18H20ClN3O. The second-order valence-electron chi connectivity index (χ2n) is 6.62. The Morgan fingerprint density at radius 2 is 2.09 bits per heavy atom. The van der Waals surface area contributed by atoms with E-state index in [9.17, 15) is 4.79 Å². The van der Waals surface area contributed by atoms with Crippen molar-refractivity contribution in [2.24, 2.45) is 5.92 Å². The molecular weight excluding hydrogens is 310 g/mol. The topological polar surface area (TPSA) is 45.2 Å². The largest absolute Gasteiger partial charge is 0.350 e. The minimum absolute atomic E-state index is 0.100. The number of pyridine rings is 1. The maximum absolute atomic E-state index is 12.3. The summed E-state index contributed by atoms with van der Waals surface area (Å²) in [6, 6.07) is 10.0. The van der Waals surface area contributed by atoms with Crippen LogP contribution in [0.4, 0.5) is 0 Å². The molecule has 5 heteroatoms. The summed E-state index contributed by atoms with van der Waals surface area (Å²) in [4.78, 5) is 19.3. The predicted molar refractivity (Wildman–Crippen MR) is 91.8 cm³/mol. The number of benzene rings is 1. The first kappa shape index (κ1) is 14.9. The minimum Gasteiger partial charge on any atom is -0.350 e. The van der Waals surface area contributed by atoms with Crippen LogP contribution in [0.15, 0.2) is 30.3 Å². The van der Waals surface area contributed by atoms with E-state index in [1.165, 1.54) is 25.8 Å². The van der Waals surface area contributed by atoms with Crippen molar-refractivity contribution in [2.75, 3.05) is 19.6 Å². The molecule has 1 saturated heterocycles. The highest BCUT2D eigenvalue weighted by Gasteiger charge is 2.34. The van der Waals surface area contributed by atoms with E-state index in [4.69, 9.17) is 11.6 Å². The number of carbonyl (C=O) groups is 1. The highest BCUT2D eigenvalue weighted by Crippen LogP contribution is 2.31. The van der Waals surface area contributed by atoms with E-state index in [2.05, 4.69) is 15.2 Å². The number of hydrogen-bond acceptors (Lipinski definition) is 3. The molecule has 0 radical (unpaired) electrons. The summed E-state index contributed by atoms with van der Waals surface area (Å²) < 4.78 is 0. The summed E-state index contributed by atoms with van der Waals surface area (Å²) in [5.74, 6) is 0.464. The lowest BCUT2D eigenvalue weighted by Crippen LogP contribution is -2.31. The summed E-state index contributed by atoms with van der Waals surface area (Å²) in [6.45, 7) is 3.03. The van der Waals surface area contributed by atoms with E-state index in [0.29, 0.717) is 16.6 Å². The van der Waals surface area contributed by atoms with Gasteiger partial charge in [0.2, 0.25) is 0 Å². The molecule has 23 heavy (non-hydrogen) atoms. The molecule has 2 fully saturated rings. The molecule has 2 heterocycles. The number of halogens is 1.